The SMILES string of the molecule is Cc1nn(-c2cc(Cl)ccc2C#N)c(C)c1Br. The van der Waals surface area contributed by atoms with Gasteiger partial charge in [-0.2, -0.15) is 10.4 Å². The second-order valence-corrected chi connectivity index (χ2v) is 4.90. The number of nitriles is 1. The molecule has 0 atom stereocenters. The quantitative estimate of drug-likeness (QED) is 0.804. The van der Waals surface area contributed by atoms with Crippen LogP contribution in [0.5, 0.6) is 0 Å². The Morgan fingerprint density at radius 3 is 2.65 bits per heavy atom. The van der Waals surface area contributed by atoms with Crippen molar-refractivity contribution in [3.8, 4) is 11.8 Å². The number of benzene rings is 1. The van der Waals surface area contributed by atoms with E-state index in [2.05, 4.69) is 27.1 Å². The fourth-order valence-electron chi connectivity index (χ4n) is 1.63. The molecule has 0 radical (unpaired) electrons. The van der Waals surface area contributed by atoms with Gasteiger partial charge in [0.25, 0.3) is 0 Å². The van der Waals surface area contributed by atoms with Crippen molar-refractivity contribution >= 4 is 27.5 Å². The summed E-state index contributed by atoms with van der Waals surface area (Å²) < 4.78 is 2.67. The van der Waals surface area contributed by atoms with Crippen LogP contribution in [-0.2, 0) is 0 Å². The van der Waals surface area contributed by atoms with Crippen LogP contribution in [-0.4, -0.2) is 9.78 Å². The van der Waals surface area contributed by atoms with Crippen LogP contribution in [0.4, 0.5) is 0 Å². The molecule has 5 heteroatoms. The van der Waals surface area contributed by atoms with Gasteiger partial charge in [-0.25, -0.2) is 4.68 Å². The Kier molecular flexibility index (Phi) is 3.23. The van der Waals surface area contributed by atoms with Gasteiger partial charge in [0.2, 0.25) is 0 Å². The maximum atomic E-state index is 9.09. The molecular formula is C12H9BrClN3. The minimum Gasteiger partial charge on any atom is -0.235 e. The van der Waals surface area contributed by atoms with Crippen LogP contribution in [0.25, 0.3) is 5.69 Å². The molecule has 0 bridgehead atoms. The van der Waals surface area contributed by atoms with Crippen molar-refractivity contribution < 1.29 is 0 Å². The Balaban J connectivity index is 2.72. The van der Waals surface area contributed by atoms with Gasteiger partial charge >= 0.3 is 0 Å². The topological polar surface area (TPSA) is 41.6 Å². The van der Waals surface area contributed by atoms with Gasteiger partial charge in [0.05, 0.1) is 27.1 Å². The molecule has 0 fully saturated rings. The molecule has 1 heterocycles. The van der Waals surface area contributed by atoms with E-state index in [-0.39, 0.29) is 0 Å². The Hall–Kier alpha value is -1.31. The zero-order chi connectivity index (χ0) is 12.6. The summed E-state index contributed by atoms with van der Waals surface area (Å²) in [7, 11) is 0. The molecule has 2 aromatic rings. The lowest BCUT2D eigenvalue weighted by Gasteiger charge is -2.07. The van der Waals surface area contributed by atoms with E-state index in [0.717, 1.165) is 15.9 Å². The molecule has 2 rings (SSSR count). The maximum absolute atomic E-state index is 9.09. The first kappa shape index (κ1) is 12.2. The number of nitrogens with zero attached hydrogens (tertiary/aromatic N) is 3. The Labute approximate surface area is 113 Å². The molecular weight excluding hydrogens is 302 g/mol. The van der Waals surface area contributed by atoms with E-state index in [4.69, 9.17) is 16.9 Å². The van der Waals surface area contributed by atoms with Crippen LogP contribution in [0, 0.1) is 25.2 Å². The third-order valence-electron chi connectivity index (χ3n) is 2.51. The van der Waals surface area contributed by atoms with Crippen molar-refractivity contribution in [1.82, 2.24) is 9.78 Å². The average Bonchev–Trinajstić information content (AvgIpc) is 2.57. The predicted octanol–water partition coefficient (Wildman–Crippen LogP) is 3.78. The van der Waals surface area contributed by atoms with Crippen LogP contribution < -0.4 is 0 Å². The van der Waals surface area contributed by atoms with Crippen molar-refractivity contribution in [2.75, 3.05) is 0 Å². The molecule has 86 valence electrons. The lowest BCUT2D eigenvalue weighted by atomic mass is 10.2. The monoisotopic (exact) mass is 309 g/mol. The fraction of sp³-hybridized carbons (Fsp3) is 0.167. The number of aromatic nitrogens is 2. The average molecular weight is 311 g/mol. The van der Waals surface area contributed by atoms with Crippen LogP contribution >= 0.6 is 27.5 Å². The third kappa shape index (κ3) is 2.08. The van der Waals surface area contributed by atoms with Gasteiger partial charge in [0, 0.05) is 5.02 Å². The van der Waals surface area contributed by atoms with Crippen molar-refractivity contribution in [3.63, 3.8) is 0 Å². The molecule has 0 aliphatic carbocycles. The van der Waals surface area contributed by atoms with Crippen LogP contribution in [0.2, 0.25) is 5.02 Å². The first-order valence-corrected chi connectivity index (χ1v) is 6.13. The summed E-state index contributed by atoms with van der Waals surface area (Å²) in [6.07, 6.45) is 0. The molecule has 0 saturated heterocycles. The van der Waals surface area contributed by atoms with E-state index in [1.54, 1.807) is 22.9 Å². The lowest BCUT2D eigenvalue weighted by Crippen LogP contribution is -2.01. The van der Waals surface area contributed by atoms with Gasteiger partial charge in [-0.1, -0.05) is 11.6 Å². The van der Waals surface area contributed by atoms with E-state index in [1.165, 1.54) is 0 Å². The zero-order valence-corrected chi connectivity index (χ0v) is 11.7. The predicted molar refractivity (Wildman–Crippen MR) is 70.5 cm³/mol. The van der Waals surface area contributed by atoms with Crippen LogP contribution in [0.15, 0.2) is 22.7 Å². The van der Waals surface area contributed by atoms with Gasteiger partial charge in [-0.05, 0) is 48.0 Å². The summed E-state index contributed by atoms with van der Waals surface area (Å²) in [5, 5.41) is 14.1. The Morgan fingerprint density at radius 1 is 1.41 bits per heavy atom. The number of halogens is 2. The number of rotatable bonds is 1. The number of hydrogen-bond donors (Lipinski definition) is 0. The van der Waals surface area contributed by atoms with E-state index in [0.29, 0.717) is 16.3 Å². The highest BCUT2D eigenvalue weighted by molar-refractivity contribution is 9.10. The van der Waals surface area contributed by atoms with Gasteiger partial charge in [0.15, 0.2) is 0 Å². The minimum atomic E-state index is 0.549. The highest BCUT2D eigenvalue weighted by Gasteiger charge is 2.13. The van der Waals surface area contributed by atoms with Gasteiger partial charge < -0.3 is 0 Å². The molecule has 17 heavy (non-hydrogen) atoms. The highest BCUT2D eigenvalue weighted by atomic mass is 79.9. The van der Waals surface area contributed by atoms with E-state index < -0.39 is 0 Å². The largest absolute Gasteiger partial charge is 0.235 e. The summed E-state index contributed by atoms with van der Waals surface area (Å²) in [6, 6.07) is 7.28. The molecule has 0 saturated carbocycles. The van der Waals surface area contributed by atoms with Crippen molar-refractivity contribution in [1.29, 1.82) is 5.26 Å². The fourth-order valence-corrected chi connectivity index (χ4v) is 2.05. The highest BCUT2D eigenvalue weighted by Crippen LogP contribution is 2.26. The van der Waals surface area contributed by atoms with E-state index in [1.807, 2.05) is 13.8 Å². The second-order valence-electron chi connectivity index (χ2n) is 3.67. The smallest absolute Gasteiger partial charge is 0.101 e. The second kappa shape index (κ2) is 4.52. The van der Waals surface area contributed by atoms with Gasteiger partial charge in [-0.3, -0.25) is 0 Å². The summed E-state index contributed by atoms with van der Waals surface area (Å²) in [6.45, 7) is 3.84. The Bertz CT molecular complexity index is 625. The van der Waals surface area contributed by atoms with Gasteiger partial charge in [0.1, 0.15) is 6.07 Å². The number of hydrogen-bond acceptors (Lipinski definition) is 2. The third-order valence-corrected chi connectivity index (χ3v) is 3.89. The van der Waals surface area contributed by atoms with Crippen LogP contribution in [0.3, 0.4) is 0 Å². The summed E-state index contributed by atoms with van der Waals surface area (Å²) in [5.41, 5.74) is 3.08. The van der Waals surface area contributed by atoms with Gasteiger partial charge in [-0.15, -0.1) is 0 Å². The molecule has 0 aliphatic rings. The van der Waals surface area contributed by atoms with Crippen LogP contribution in [0.1, 0.15) is 17.0 Å². The molecule has 0 aliphatic heterocycles. The number of aryl methyl sites for hydroxylation is 1. The molecule has 0 amide bonds. The normalized spacial score (nSPS) is 10.3. The first-order valence-electron chi connectivity index (χ1n) is 4.96. The zero-order valence-electron chi connectivity index (χ0n) is 9.33. The molecule has 1 aromatic carbocycles. The minimum absolute atomic E-state index is 0.549. The Morgan fingerprint density at radius 2 is 2.12 bits per heavy atom. The molecule has 0 spiro atoms. The summed E-state index contributed by atoms with van der Waals surface area (Å²) in [4.78, 5) is 0. The maximum Gasteiger partial charge on any atom is 0.101 e. The summed E-state index contributed by atoms with van der Waals surface area (Å²) in [5.74, 6) is 0. The van der Waals surface area contributed by atoms with E-state index >= 15 is 0 Å². The van der Waals surface area contributed by atoms with Crippen molar-refractivity contribution in [3.05, 3.63) is 44.6 Å². The molecule has 0 unspecified atom stereocenters. The molecule has 0 N–H and O–H groups in total. The molecule has 1 aromatic heterocycles. The van der Waals surface area contributed by atoms with Crippen molar-refractivity contribution in [2.45, 2.75) is 13.8 Å². The molecule has 3 nitrogen and oxygen atoms in total. The van der Waals surface area contributed by atoms with E-state index in [9.17, 15) is 0 Å². The summed E-state index contributed by atoms with van der Waals surface area (Å²) >= 11 is 9.42. The standard InChI is InChI=1S/C12H9BrClN3/c1-7-12(13)8(2)17(16-7)11-5-10(14)4-3-9(11)6-15/h3-5H,1-2H3. The van der Waals surface area contributed by atoms with Crippen molar-refractivity contribution in [2.24, 2.45) is 0 Å². The lowest BCUT2D eigenvalue weighted by molar-refractivity contribution is 0.831. The first-order chi connectivity index (χ1) is 8.04.